The molecule has 1 saturated heterocycles. The summed E-state index contributed by atoms with van der Waals surface area (Å²) >= 11 is 1.73. The molecule has 0 radical (unpaired) electrons. The SMILES string of the molecule is CCOc1ccc2nc(N3CCN(CCNC(=O)c4ccc(C(C)(C)C)cc4)CC3)sc2c1. The van der Waals surface area contributed by atoms with E-state index in [2.05, 4.69) is 42.0 Å². The molecule has 1 aliphatic rings. The molecule has 2 aromatic carbocycles. The largest absolute Gasteiger partial charge is 0.494 e. The highest BCUT2D eigenvalue weighted by molar-refractivity contribution is 7.22. The van der Waals surface area contributed by atoms with Gasteiger partial charge in [-0.3, -0.25) is 9.69 Å². The standard InChI is InChI=1S/C26H34N4O2S/c1-5-32-21-10-11-22-23(18-21)33-25(28-22)30-16-14-29(15-17-30)13-12-27-24(31)19-6-8-20(9-7-19)26(2,3)4/h6-11,18H,5,12-17H2,1-4H3,(H,27,31). The molecule has 3 aromatic rings. The first-order valence-corrected chi connectivity index (χ1v) is 12.5. The van der Waals surface area contributed by atoms with Crippen molar-refractivity contribution in [3.8, 4) is 5.75 Å². The summed E-state index contributed by atoms with van der Waals surface area (Å²) in [6.07, 6.45) is 0. The van der Waals surface area contributed by atoms with Crippen molar-refractivity contribution in [3.05, 3.63) is 53.6 Å². The molecule has 0 bridgehead atoms. The second kappa shape index (κ2) is 10.1. The van der Waals surface area contributed by atoms with E-state index in [-0.39, 0.29) is 11.3 Å². The van der Waals surface area contributed by atoms with Gasteiger partial charge in [-0.2, -0.15) is 0 Å². The number of nitrogens with one attached hydrogen (secondary N) is 1. The molecule has 176 valence electrons. The third-order valence-corrected chi connectivity index (χ3v) is 7.11. The molecule has 0 unspecified atom stereocenters. The predicted molar refractivity (Wildman–Crippen MR) is 137 cm³/mol. The number of carbonyl (C=O) groups is 1. The monoisotopic (exact) mass is 466 g/mol. The number of benzene rings is 2. The molecule has 4 rings (SSSR count). The fraction of sp³-hybridized carbons (Fsp3) is 0.462. The van der Waals surface area contributed by atoms with Gasteiger partial charge in [-0.1, -0.05) is 44.2 Å². The number of thiazole rings is 1. The van der Waals surface area contributed by atoms with Crippen molar-refractivity contribution in [1.82, 2.24) is 15.2 Å². The molecule has 2 heterocycles. The van der Waals surface area contributed by atoms with Gasteiger partial charge < -0.3 is 15.0 Å². The maximum Gasteiger partial charge on any atom is 0.251 e. The van der Waals surface area contributed by atoms with Crippen LogP contribution in [0.5, 0.6) is 5.75 Å². The number of amides is 1. The summed E-state index contributed by atoms with van der Waals surface area (Å²) < 4.78 is 6.78. The maximum absolute atomic E-state index is 12.5. The first-order chi connectivity index (χ1) is 15.8. The maximum atomic E-state index is 12.5. The zero-order valence-electron chi connectivity index (χ0n) is 20.1. The number of piperazine rings is 1. The Hall–Kier alpha value is -2.64. The van der Waals surface area contributed by atoms with Crippen LogP contribution >= 0.6 is 11.3 Å². The van der Waals surface area contributed by atoms with Crippen LogP contribution in [0.15, 0.2) is 42.5 Å². The fourth-order valence-electron chi connectivity index (χ4n) is 4.00. The summed E-state index contributed by atoms with van der Waals surface area (Å²) in [5, 5.41) is 4.14. The molecule has 0 aliphatic carbocycles. The molecule has 1 aliphatic heterocycles. The lowest BCUT2D eigenvalue weighted by molar-refractivity contribution is 0.0947. The minimum absolute atomic E-state index is 0.00464. The Kier molecular flexibility index (Phi) is 7.20. The van der Waals surface area contributed by atoms with E-state index in [1.807, 2.05) is 43.3 Å². The van der Waals surface area contributed by atoms with Crippen molar-refractivity contribution in [1.29, 1.82) is 0 Å². The molecule has 1 N–H and O–H groups in total. The summed E-state index contributed by atoms with van der Waals surface area (Å²) in [6, 6.07) is 14.0. The van der Waals surface area contributed by atoms with Gasteiger partial charge >= 0.3 is 0 Å². The normalized spacial score (nSPS) is 15.1. The molecule has 33 heavy (non-hydrogen) atoms. The van der Waals surface area contributed by atoms with Gasteiger partial charge in [0.1, 0.15) is 5.75 Å². The van der Waals surface area contributed by atoms with Crippen LogP contribution in [0.1, 0.15) is 43.6 Å². The predicted octanol–water partition coefficient (Wildman–Crippen LogP) is 4.54. The van der Waals surface area contributed by atoms with Crippen LogP contribution in [0.25, 0.3) is 10.2 Å². The van der Waals surface area contributed by atoms with Crippen LogP contribution < -0.4 is 15.0 Å². The molecular formula is C26H34N4O2S. The van der Waals surface area contributed by atoms with E-state index in [4.69, 9.17) is 9.72 Å². The van der Waals surface area contributed by atoms with Gasteiger partial charge in [-0.05, 0) is 48.2 Å². The van der Waals surface area contributed by atoms with Crippen LogP contribution in [0, 0.1) is 0 Å². The summed E-state index contributed by atoms with van der Waals surface area (Å²) in [5.41, 5.74) is 3.07. The lowest BCUT2D eigenvalue weighted by Crippen LogP contribution is -2.48. The van der Waals surface area contributed by atoms with Gasteiger partial charge in [0.2, 0.25) is 0 Å². The zero-order chi connectivity index (χ0) is 23.4. The number of hydrogen-bond acceptors (Lipinski definition) is 6. The van der Waals surface area contributed by atoms with Crippen LogP contribution in [-0.2, 0) is 5.41 Å². The Bertz CT molecular complexity index is 1080. The highest BCUT2D eigenvalue weighted by Gasteiger charge is 2.20. The van der Waals surface area contributed by atoms with E-state index in [9.17, 15) is 4.79 Å². The quantitative estimate of drug-likeness (QED) is 0.554. The molecule has 1 fully saturated rings. The first kappa shape index (κ1) is 23.5. The average Bonchev–Trinajstić information content (AvgIpc) is 3.23. The van der Waals surface area contributed by atoms with E-state index in [0.29, 0.717) is 13.2 Å². The summed E-state index contributed by atoms with van der Waals surface area (Å²) in [4.78, 5) is 22.1. The number of carbonyl (C=O) groups excluding carboxylic acids is 1. The summed E-state index contributed by atoms with van der Waals surface area (Å²) in [7, 11) is 0. The van der Waals surface area contributed by atoms with E-state index in [1.165, 1.54) is 5.56 Å². The topological polar surface area (TPSA) is 57.7 Å². The third kappa shape index (κ3) is 5.84. The highest BCUT2D eigenvalue weighted by atomic mass is 32.1. The molecule has 7 heteroatoms. The molecule has 0 saturated carbocycles. The molecule has 1 amide bonds. The molecule has 0 atom stereocenters. The van der Waals surface area contributed by atoms with Crippen molar-refractivity contribution in [2.45, 2.75) is 33.1 Å². The second-order valence-corrected chi connectivity index (χ2v) is 10.5. The minimum atomic E-state index is -0.00464. The van der Waals surface area contributed by atoms with Gasteiger partial charge in [0.25, 0.3) is 5.91 Å². The molecular weight excluding hydrogens is 432 g/mol. The summed E-state index contributed by atoms with van der Waals surface area (Å²) in [5.74, 6) is 0.896. The first-order valence-electron chi connectivity index (χ1n) is 11.7. The number of anilines is 1. The number of ether oxygens (including phenoxy) is 1. The smallest absolute Gasteiger partial charge is 0.251 e. The molecule has 6 nitrogen and oxygen atoms in total. The third-order valence-electron chi connectivity index (χ3n) is 6.03. The van der Waals surface area contributed by atoms with E-state index < -0.39 is 0 Å². The lowest BCUT2D eigenvalue weighted by atomic mass is 9.87. The second-order valence-electron chi connectivity index (χ2n) is 9.47. The fourth-order valence-corrected chi connectivity index (χ4v) is 5.04. The minimum Gasteiger partial charge on any atom is -0.494 e. The number of aromatic nitrogens is 1. The zero-order valence-corrected chi connectivity index (χ0v) is 20.9. The Labute approximate surface area is 200 Å². The van der Waals surface area contributed by atoms with Gasteiger partial charge in [0.15, 0.2) is 5.13 Å². The Morgan fingerprint density at radius 2 is 1.82 bits per heavy atom. The Morgan fingerprint density at radius 1 is 1.09 bits per heavy atom. The Balaban J connectivity index is 1.23. The number of fused-ring (bicyclic) bond motifs is 1. The Morgan fingerprint density at radius 3 is 2.48 bits per heavy atom. The number of nitrogens with zero attached hydrogens (tertiary/aromatic N) is 3. The van der Waals surface area contributed by atoms with Crippen molar-refractivity contribution in [3.63, 3.8) is 0 Å². The van der Waals surface area contributed by atoms with Crippen LogP contribution in [0.3, 0.4) is 0 Å². The van der Waals surface area contributed by atoms with Crippen molar-refractivity contribution in [2.24, 2.45) is 0 Å². The number of rotatable bonds is 7. The van der Waals surface area contributed by atoms with Crippen LogP contribution in [-0.4, -0.2) is 61.7 Å². The van der Waals surface area contributed by atoms with E-state index in [1.54, 1.807) is 11.3 Å². The van der Waals surface area contributed by atoms with Gasteiger partial charge in [-0.25, -0.2) is 4.98 Å². The van der Waals surface area contributed by atoms with Gasteiger partial charge in [0, 0.05) is 44.8 Å². The van der Waals surface area contributed by atoms with Crippen molar-refractivity contribution >= 4 is 32.6 Å². The van der Waals surface area contributed by atoms with Crippen LogP contribution in [0.2, 0.25) is 0 Å². The summed E-state index contributed by atoms with van der Waals surface area (Å²) in [6.45, 7) is 14.5. The number of hydrogen-bond donors (Lipinski definition) is 1. The average molecular weight is 467 g/mol. The lowest BCUT2D eigenvalue weighted by Gasteiger charge is -2.34. The molecule has 1 aromatic heterocycles. The highest BCUT2D eigenvalue weighted by Crippen LogP contribution is 2.32. The van der Waals surface area contributed by atoms with Crippen molar-refractivity contribution in [2.75, 3.05) is 50.8 Å². The molecule has 0 spiro atoms. The van der Waals surface area contributed by atoms with Crippen molar-refractivity contribution < 1.29 is 9.53 Å². The van der Waals surface area contributed by atoms with Gasteiger partial charge in [0.05, 0.1) is 16.8 Å². The van der Waals surface area contributed by atoms with Crippen LogP contribution in [0.4, 0.5) is 5.13 Å². The van der Waals surface area contributed by atoms with E-state index in [0.717, 1.165) is 59.4 Å². The van der Waals surface area contributed by atoms with E-state index >= 15 is 0 Å². The van der Waals surface area contributed by atoms with Gasteiger partial charge in [-0.15, -0.1) is 0 Å².